The van der Waals surface area contributed by atoms with E-state index in [4.69, 9.17) is 0 Å². The first kappa shape index (κ1) is 16.3. The molecular formula is C17H22N6O. The maximum Gasteiger partial charge on any atom is 0.228 e. The Bertz CT molecular complexity index is 705. The van der Waals surface area contributed by atoms with Crippen molar-refractivity contribution in [2.45, 2.75) is 45.6 Å². The third kappa shape index (κ3) is 3.67. The van der Waals surface area contributed by atoms with E-state index in [-0.39, 0.29) is 11.9 Å². The van der Waals surface area contributed by atoms with Crippen LogP contribution in [0.1, 0.15) is 50.2 Å². The standard InChI is InChI=1S/C17H22N6O/c1-3-15(24)23-10-5-4-7-13(23)16-20-12(2)11-14(21-16)22-17-18-8-6-9-19-17/h6,8-9,11,13H,3-5,7,10H2,1-2H3,(H,18,19,20,21,22)/t13-/m1/s1. The Labute approximate surface area is 141 Å². The Morgan fingerprint density at radius 3 is 2.83 bits per heavy atom. The number of aromatic nitrogens is 4. The van der Waals surface area contributed by atoms with Crippen LogP contribution in [0.25, 0.3) is 0 Å². The molecule has 1 aliphatic rings. The average Bonchev–Trinajstić information content (AvgIpc) is 2.61. The Balaban J connectivity index is 1.88. The summed E-state index contributed by atoms with van der Waals surface area (Å²) >= 11 is 0. The van der Waals surface area contributed by atoms with Gasteiger partial charge in [-0.3, -0.25) is 4.79 Å². The smallest absolute Gasteiger partial charge is 0.228 e. The molecular weight excluding hydrogens is 304 g/mol. The summed E-state index contributed by atoms with van der Waals surface area (Å²) in [5.41, 5.74) is 0.855. The minimum atomic E-state index is -0.0525. The molecule has 2 aromatic heterocycles. The van der Waals surface area contributed by atoms with E-state index in [0.29, 0.717) is 24.0 Å². The van der Waals surface area contributed by atoms with Crippen LogP contribution < -0.4 is 5.32 Å². The van der Waals surface area contributed by atoms with E-state index in [1.54, 1.807) is 18.5 Å². The fraction of sp³-hybridized carbons (Fsp3) is 0.471. The fourth-order valence-electron chi connectivity index (χ4n) is 2.98. The molecule has 1 N–H and O–H groups in total. The van der Waals surface area contributed by atoms with Gasteiger partial charge < -0.3 is 10.2 Å². The number of nitrogens with one attached hydrogen (secondary N) is 1. The monoisotopic (exact) mass is 326 g/mol. The van der Waals surface area contributed by atoms with Crippen molar-refractivity contribution >= 4 is 17.7 Å². The van der Waals surface area contributed by atoms with Gasteiger partial charge in [0.2, 0.25) is 11.9 Å². The number of aryl methyl sites for hydroxylation is 1. The van der Waals surface area contributed by atoms with Crippen molar-refractivity contribution in [3.05, 3.63) is 36.0 Å². The number of likely N-dealkylation sites (tertiary alicyclic amines) is 1. The molecule has 24 heavy (non-hydrogen) atoms. The van der Waals surface area contributed by atoms with Crippen LogP contribution in [0.15, 0.2) is 24.5 Å². The van der Waals surface area contributed by atoms with E-state index in [9.17, 15) is 4.79 Å². The molecule has 126 valence electrons. The number of hydrogen-bond acceptors (Lipinski definition) is 6. The van der Waals surface area contributed by atoms with Crippen LogP contribution in [0.2, 0.25) is 0 Å². The lowest BCUT2D eigenvalue weighted by molar-refractivity contribution is -0.134. The largest absolute Gasteiger partial charge is 0.332 e. The van der Waals surface area contributed by atoms with E-state index in [1.165, 1.54) is 0 Å². The van der Waals surface area contributed by atoms with Gasteiger partial charge in [0.25, 0.3) is 0 Å². The third-order valence-electron chi connectivity index (χ3n) is 4.10. The molecule has 1 atom stereocenters. The maximum absolute atomic E-state index is 12.2. The van der Waals surface area contributed by atoms with E-state index in [1.807, 2.05) is 24.8 Å². The zero-order valence-electron chi connectivity index (χ0n) is 14.1. The van der Waals surface area contributed by atoms with Crippen LogP contribution in [0.5, 0.6) is 0 Å². The lowest BCUT2D eigenvalue weighted by Gasteiger charge is -2.34. The number of hydrogen-bond donors (Lipinski definition) is 1. The van der Waals surface area contributed by atoms with Crippen molar-refractivity contribution in [1.29, 1.82) is 0 Å². The molecule has 3 rings (SSSR count). The second-order valence-corrected chi connectivity index (χ2v) is 5.90. The number of amides is 1. The Morgan fingerprint density at radius 2 is 2.08 bits per heavy atom. The molecule has 0 saturated carbocycles. The van der Waals surface area contributed by atoms with E-state index in [2.05, 4.69) is 25.3 Å². The zero-order valence-corrected chi connectivity index (χ0v) is 14.1. The van der Waals surface area contributed by atoms with Crippen molar-refractivity contribution in [3.8, 4) is 0 Å². The van der Waals surface area contributed by atoms with E-state index in [0.717, 1.165) is 31.5 Å². The van der Waals surface area contributed by atoms with Gasteiger partial charge in [-0.2, -0.15) is 0 Å². The van der Waals surface area contributed by atoms with Crippen LogP contribution in [0, 0.1) is 6.92 Å². The summed E-state index contributed by atoms with van der Waals surface area (Å²) in [7, 11) is 0. The minimum Gasteiger partial charge on any atom is -0.332 e. The fourth-order valence-corrected chi connectivity index (χ4v) is 2.98. The molecule has 1 amide bonds. The van der Waals surface area contributed by atoms with Crippen molar-refractivity contribution in [1.82, 2.24) is 24.8 Å². The van der Waals surface area contributed by atoms with Gasteiger partial charge >= 0.3 is 0 Å². The highest BCUT2D eigenvalue weighted by Crippen LogP contribution is 2.30. The van der Waals surface area contributed by atoms with Crippen molar-refractivity contribution < 1.29 is 4.79 Å². The lowest BCUT2D eigenvalue weighted by atomic mass is 10.0. The molecule has 0 radical (unpaired) electrons. The Morgan fingerprint density at radius 1 is 1.29 bits per heavy atom. The average molecular weight is 326 g/mol. The first-order valence-corrected chi connectivity index (χ1v) is 8.36. The molecule has 2 aromatic rings. The summed E-state index contributed by atoms with van der Waals surface area (Å²) in [5, 5.41) is 3.11. The Kier molecular flexibility index (Phi) is 4.98. The van der Waals surface area contributed by atoms with Gasteiger partial charge in [-0.25, -0.2) is 19.9 Å². The third-order valence-corrected chi connectivity index (χ3v) is 4.10. The SMILES string of the molecule is CCC(=O)N1CCCC[C@@H]1c1nc(C)cc(Nc2ncccn2)n1. The topological polar surface area (TPSA) is 83.9 Å². The molecule has 0 unspecified atom stereocenters. The highest BCUT2D eigenvalue weighted by atomic mass is 16.2. The van der Waals surface area contributed by atoms with Crippen molar-refractivity contribution in [3.63, 3.8) is 0 Å². The minimum absolute atomic E-state index is 0.0525. The number of rotatable bonds is 4. The molecule has 7 nitrogen and oxygen atoms in total. The first-order valence-electron chi connectivity index (χ1n) is 8.36. The van der Waals surface area contributed by atoms with Gasteiger partial charge in [0.15, 0.2) is 5.82 Å². The van der Waals surface area contributed by atoms with Crippen molar-refractivity contribution in [2.75, 3.05) is 11.9 Å². The normalized spacial score (nSPS) is 17.6. The van der Waals surface area contributed by atoms with Crippen LogP contribution in [-0.2, 0) is 4.79 Å². The summed E-state index contributed by atoms with van der Waals surface area (Å²) in [6.07, 6.45) is 6.87. The summed E-state index contributed by atoms with van der Waals surface area (Å²) in [4.78, 5) is 31.7. The molecule has 7 heteroatoms. The molecule has 0 bridgehead atoms. The van der Waals surface area contributed by atoms with Crippen LogP contribution in [0.3, 0.4) is 0 Å². The molecule has 1 saturated heterocycles. The van der Waals surface area contributed by atoms with Gasteiger partial charge in [0, 0.05) is 37.1 Å². The number of carbonyl (C=O) groups is 1. The molecule has 1 aliphatic heterocycles. The van der Waals surface area contributed by atoms with Crippen LogP contribution >= 0.6 is 0 Å². The number of anilines is 2. The second kappa shape index (κ2) is 7.33. The summed E-state index contributed by atoms with van der Waals surface area (Å²) < 4.78 is 0. The van der Waals surface area contributed by atoms with Gasteiger partial charge in [-0.15, -0.1) is 0 Å². The molecule has 0 aromatic carbocycles. The molecule has 0 aliphatic carbocycles. The first-order chi connectivity index (χ1) is 11.7. The maximum atomic E-state index is 12.2. The van der Waals surface area contributed by atoms with Gasteiger partial charge in [0.1, 0.15) is 5.82 Å². The van der Waals surface area contributed by atoms with Gasteiger partial charge in [-0.05, 0) is 32.3 Å². The quantitative estimate of drug-likeness (QED) is 0.930. The zero-order chi connectivity index (χ0) is 16.9. The molecule has 1 fully saturated rings. The molecule has 3 heterocycles. The van der Waals surface area contributed by atoms with Crippen LogP contribution in [0.4, 0.5) is 11.8 Å². The van der Waals surface area contributed by atoms with Crippen LogP contribution in [-0.4, -0.2) is 37.3 Å². The summed E-state index contributed by atoms with van der Waals surface area (Å²) in [5.74, 6) is 1.99. The van der Waals surface area contributed by atoms with E-state index < -0.39 is 0 Å². The Hall–Kier alpha value is -2.57. The lowest BCUT2D eigenvalue weighted by Crippen LogP contribution is -2.39. The molecule has 0 spiro atoms. The number of piperidine rings is 1. The number of nitrogens with zero attached hydrogens (tertiary/aromatic N) is 5. The summed E-state index contributed by atoms with van der Waals surface area (Å²) in [6, 6.07) is 3.57. The highest BCUT2D eigenvalue weighted by molar-refractivity contribution is 5.76. The summed E-state index contributed by atoms with van der Waals surface area (Å²) in [6.45, 7) is 4.60. The predicted octanol–water partition coefficient (Wildman–Crippen LogP) is 2.78. The highest BCUT2D eigenvalue weighted by Gasteiger charge is 2.29. The van der Waals surface area contributed by atoms with Gasteiger partial charge in [0.05, 0.1) is 6.04 Å². The number of carbonyl (C=O) groups excluding carboxylic acids is 1. The van der Waals surface area contributed by atoms with Gasteiger partial charge in [-0.1, -0.05) is 6.92 Å². The van der Waals surface area contributed by atoms with Crippen molar-refractivity contribution in [2.24, 2.45) is 0 Å². The van der Waals surface area contributed by atoms with E-state index >= 15 is 0 Å². The second-order valence-electron chi connectivity index (χ2n) is 5.90. The predicted molar refractivity (Wildman–Crippen MR) is 90.7 cm³/mol.